The van der Waals surface area contributed by atoms with Crippen LogP contribution in [0.1, 0.15) is 79.1 Å². The van der Waals surface area contributed by atoms with Gasteiger partial charge in [-0.25, -0.2) is 17.9 Å². The molecule has 1 saturated carbocycles. The van der Waals surface area contributed by atoms with Crippen molar-refractivity contribution in [1.29, 1.82) is 0 Å². The first-order valence-corrected chi connectivity index (χ1v) is 12.3. The number of ether oxygens (including phenoxy) is 1. The van der Waals surface area contributed by atoms with Crippen LogP contribution in [0.2, 0.25) is 0 Å². The SMILES string of the molecule is CCCCNS(=O)(=O)C(C)C(=O)[C@@H]1OC(C)(C)N(C(=O)O)[C@H]1CC1CCCCC1. The zero-order valence-electron chi connectivity index (χ0n) is 18.0. The highest BCUT2D eigenvalue weighted by molar-refractivity contribution is 7.90. The topological polar surface area (TPSA) is 113 Å². The van der Waals surface area contributed by atoms with Crippen molar-refractivity contribution in [1.82, 2.24) is 9.62 Å². The Bertz CT molecular complexity index is 687. The van der Waals surface area contributed by atoms with E-state index in [4.69, 9.17) is 4.74 Å². The molecule has 0 bridgehead atoms. The van der Waals surface area contributed by atoms with E-state index in [0.29, 0.717) is 18.8 Å². The lowest BCUT2D eigenvalue weighted by atomic mass is 9.83. The van der Waals surface area contributed by atoms with Crippen LogP contribution in [0.25, 0.3) is 0 Å². The molecule has 2 N–H and O–H groups in total. The summed E-state index contributed by atoms with van der Waals surface area (Å²) in [6, 6.07) is -0.675. The average molecular weight is 433 g/mol. The van der Waals surface area contributed by atoms with Crippen LogP contribution in [0, 0.1) is 5.92 Å². The molecule has 8 nitrogen and oxygen atoms in total. The van der Waals surface area contributed by atoms with Gasteiger partial charge in [0.2, 0.25) is 10.0 Å². The van der Waals surface area contributed by atoms with Gasteiger partial charge >= 0.3 is 6.09 Å². The predicted octanol–water partition coefficient (Wildman–Crippen LogP) is 3.12. The van der Waals surface area contributed by atoms with Crippen LogP contribution in [0.4, 0.5) is 4.79 Å². The number of carbonyl (C=O) groups excluding carboxylic acids is 1. The third-order valence-electron chi connectivity index (χ3n) is 6.16. The number of amides is 1. The Morgan fingerprint density at radius 3 is 2.41 bits per heavy atom. The van der Waals surface area contributed by atoms with Gasteiger partial charge in [0.15, 0.2) is 5.78 Å². The second-order valence-corrected chi connectivity index (χ2v) is 10.9. The highest BCUT2D eigenvalue weighted by Crippen LogP contribution is 2.39. The Hall–Kier alpha value is -1.19. The molecular formula is C20H36N2O6S. The molecule has 1 aliphatic heterocycles. The molecule has 1 heterocycles. The average Bonchev–Trinajstić information content (AvgIpc) is 2.91. The van der Waals surface area contributed by atoms with Crippen LogP contribution in [-0.2, 0) is 19.6 Å². The van der Waals surface area contributed by atoms with Crippen LogP contribution < -0.4 is 4.72 Å². The number of carboxylic acid groups (broad SMARTS) is 1. The Kier molecular flexibility index (Phi) is 8.09. The van der Waals surface area contributed by atoms with Crippen LogP contribution in [0.5, 0.6) is 0 Å². The molecule has 2 fully saturated rings. The van der Waals surface area contributed by atoms with E-state index in [9.17, 15) is 23.1 Å². The molecule has 29 heavy (non-hydrogen) atoms. The number of rotatable bonds is 9. The van der Waals surface area contributed by atoms with E-state index in [0.717, 1.165) is 32.1 Å². The quantitative estimate of drug-likeness (QED) is 0.541. The number of sulfonamides is 1. The first-order chi connectivity index (χ1) is 13.5. The van der Waals surface area contributed by atoms with Gasteiger partial charge in [-0.15, -0.1) is 0 Å². The fraction of sp³-hybridized carbons (Fsp3) is 0.900. The molecular weight excluding hydrogens is 396 g/mol. The van der Waals surface area contributed by atoms with Crippen molar-refractivity contribution in [3.8, 4) is 0 Å². The largest absolute Gasteiger partial charge is 0.465 e. The highest BCUT2D eigenvalue weighted by atomic mass is 32.2. The maximum Gasteiger partial charge on any atom is 0.409 e. The Morgan fingerprint density at radius 2 is 1.86 bits per heavy atom. The van der Waals surface area contributed by atoms with Crippen molar-refractivity contribution in [3.05, 3.63) is 0 Å². The minimum absolute atomic E-state index is 0.278. The summed E-state index contributed by atoms with van der Waals surface area (Å²) in [6.07, 6.45) is 5.17. The summed E-state index contributed by atoms with van der Waals surface area (Å²) >= 11 is 0. The van der Waals surface area contributed by atoms with Crippen LogP contribution >= 0.6 is 0 Å². The van der Waals surface area contributed by atoms with Gasteiger partial charge in [0, 0.05) is 6.54 Å². The van der Waals surface area contributed by atoms with Crippen molar-refractivity contribution < 1.29 is 27.9 Å². The number of hydrogen-bond acceptors (Lipinski definition) is 5. The molecule has 0 aromatic carbocycles. The van der Waals surface area contributed by atoms with Gasteiger partial charge in [-0.1, -0.05) is 45.4 Å². The molecule has 1 amide bonds. The second-order valence-electron chi connectivity index (χ2n) is 8.78. The van der Waals surface area contributed by atoms with Crippen LogP contribution in [0.15, 0.2) is 0 Å². The summed E-state index contributed by atoms with van der Waals surface area (Å²) in [5, 5.41) is 8.49. The molecule has 0 radical (unpaired) electrons. The van der Waals surface area contributed by atoms with Gasteiger partial charge in [-0.3, -0.25) is 9.69 Å². The minimum Gasteiger partial charge on any atom is -0.465 e. The van der Waals surface area contributed by atoms with Crippen molar-refractivity contribution in [2.45, 2.75) is 102 Å². The monoisotopic (exact) mass is 432 g/mol. The van der Waals surface area contributed by atoms with Gasteiger partial charge in [-0.05, 0) is 39.5 Å². The third kappa shape index (κ3) is 5.70. The van der Waals surface area contributed by atoms with Crippen molar-refractivity contribution in [2.75, 3.05) is 6.54 Å². The number of ketones is 1. The van der Waals surface area contributed by atoms with Crippen molar-refractivity contribution in [3.63, 3.8) is 0 Å². The highest BCUT2D eigenvalue weighted by Gasteiger charge is 2.54. The molecule has 0 aromatic heterocycles. The Labute approximate surface area is 174 Å². The molecule has 2 rings (SSSR count). The van der Waals surface area contributed by atoms with E-state index < -0.39 is 45.0 Å². The summed E-state index contributed by atoms with van der Waals surface area (Å²) in [4.78, 5) is 26.4. The van der Waals surface area contributed by atoms with E-state index in [1.165, 1.54) is 18.2 Å². The molecule has 1 unspecified atom stereocenters. The number of hydrogen-bond donors (Lipinski definition) is 2. The summed E-state index contributed by atoms with van der Waals surface area (Å²) in [5.41, 5.74) is -1.19. The molecule has 1 aliphatic carbocycles. The van der Waals surface area contributed by atoms with Crippen LogP contribution in [-0.4, -0.2) is 60.0 Å². The smallest absolute Gasteiger partial charge is 0.409 e. The first-order valence-electron chi connectivity index (χ1n) is 10.7. The van der Waals surface area contributed by atoms with E-state index in [1.54, 1.807) is 13.8 Å². The zero-order valence-corrected chi connectivity index (χ0v) is 18.8. The van der Waals surface area contributed by atoms with Gasteiger partial charge in [0.25, 0.3) is 0 Å². The molecule has 1 saturated heterocycles. The van der Waals surface area contributed by atoms with E-state index in [-0.39, 0.29) is 6.54 Å². The van der Waals surface area contributed by atoms with Gasteiger partial charge < -0.3 is 9.84 Å². The van der Waals surface area contributed by atoms with Gasteiger partial charge in [0.05, 0.1) is 6.04 Å². The van der Waals surface area contributed by atoms with E-state index in [2.05, 4.69) is 4.72 Å². The Morgan fingerprint density at radius 1 is 1.24 bits per heavy atom. The predicted molar refractivity (Wildman–Crippen MR) is 110 cm³/mol. The zero-order chi connectivity index (χ0) is 21.8. The van der Waals surface area contributed by atoms with Crippen LogP contribution in [0.3, 0.4) is 0 Å². The van der Waals surface area contributed by atoms with Gasteiger partial charge in [0.1, 0.15) is 17.1 Å². The lowest BCUT2D eigenvalue weighted by molar-refractivity contribution is -0.135. The number of nitrogens with zero attached hydrogens (tertiary/aromatic N) is 1. The summed E-state index contributed by atoms with van der Waals surface area (Å²) in [7, 11) is -3.85. The summed E-state index contributed by atoms with van der Waals surface area (Å²) in [6.45, 7) is 6.81. The van der Waals surface area contributed by atoms with Crippen molar-refractivity contribution in [2.24, 2.45) is 5.92 Å². The molecule has 168 valence electrons. The molecule has 9 heteroatoms. The van der Waals surface area contributed by atoms with E-state index in [1.807, 2.05) is 6.92 Å². The number of nitrogens with one attached hydrogen (secondary N) is 1. The number of Topliss-reactive ketones (excluding diaryl/α,β-unsaturated/α-hetero) is 1. The molecule has 2 aliphatic rings. The molecule has 3 atom stereocenters. The maximum absolute atomic E-state index is 13.2. The minimum atomic E-state index is -3.85. The molecule has 0 aromatic rings. The Balaban J connectivity index is 2.24. The first kappa shape index (κ1) is 24.1. The normalized spacial score (nSPS) is 26.4. The second kappa shape index (κ2) is 9.75. The maximum atomic E-state index is 13.2. The summed E-state index contributed by atoms with van der Waals surface area (Å²) in [5.74, 6) is -0.260. The fourth-order valence-corrected chi connectivity index (χ4v) is 5.61. The molecule has 0 spiro atoms. The van der Waals surface area contributed by atoms with E-state index >= 15 is 0 Å². The third-order valence-corrected chi connectivity index (χ3v) is 7.93. The lowest BCUT2D eigenvalue weighted by Crippen LogP contribution is -2.50. The van der Waals surface area contributed by atoms with Crippen molar-refractivity contribution >= 4 is 21.9 Å². The standard InChI is InChI=1S/C20H36N2O6S/c1-5-6-12-21-29(26,27)14(2)17(23)18-16(13-15-10-8-7-9-11-15)22(19(24)25)20(3,4)28-18/h14-16,18,21H,5-13H2,1-4H3,(H,24,25)/t14?,16-,18+/m0/s1. The summed E-state index contributed by atoms with van der Waals surface area (Å²) < 4.78 is 33.5. The number of carbonyl (C=O) groups is 2. The fourth-order valence-electron chi connectivity index (χ4n) is 4.49. The van der Waals surface area contributed by atoms with Gasteiger partial charge in [-0.2, -0.15) is 0 Å². The lowest BCUT2D eigenvalue weighted by Gasteiger charge is -2.33. The number of unbranched alkanes of at least 4 members (excludes halogenated alkanes) is 1.